The van der Waals surface area contributed by atoms with E-state index in [4.69, 9.17) is 10.5 Å². The molecule has 0 bridgehead atoms. The van der Waals surface area contributed by atoms with Crippen molar-refractivity contribution in [2.24, 2.45) is 0 Å². The fourth-order valence-corrected chi connectivity index (χ4v) is 2.65. The van der Waals surface area contributed by atoms with Crippen LogP contribution in [0.15, 0.2) is 36.4 Å². The molecule has 2 aromatic rings. The molecule has 19 heavy (non-hydrogen) atoms. The highest BCUT2D eigenvalue weighted by Gasteiger charge is 2.11. The third-order valence-corrected chi connectivity index (χ3v) is 3.77. The lowest BCUT2D eigenvalue weighted by molar-refractivity contribution is 0.304. The number of nitrogen functional groups attached to an aromatic ring is 1. The standard InChI is InChI=1S/C17H19NO/c1-12-5-8-16(18)10-17(12)19-11-13-6-7-14-3-2-4-15(14)9-13/h5-10H,2-4,11,18H2,1H3. The molecule has 0 radical (unpaired) electrons. The van der Waals surface area contributed by atoms with Gasteiger partial charge in [0.25, 0.3) is 0 Å². The van der Waals surface area contributed by atoms with Crippen LogP contribution in [-0.2, 0) is 19.4 Å². The normalized spacial score (nSPS) is 13.3. The number of aryl methyl sites for hydroxylation is 3. The second-order valence-corrected chi connectivity index (χ2v) is 5.27. The first-order valence-corrected chi connectivity index (χ1v) is 6.82. The average molecular weight is 253 g/mol. The van der Waals surface area contributed by atoms with Crippen LogP contribution in [0.2, 0.25) is 0 Å². The van der Waals surface area contributed by atoms with E-state index in [1.165, 1.54) is 36.0 Å². The van der Waals surface area contributed by atoms with Gasteiger partial charge in [0, 0.05) is 11.8 Å². The van der Waals surface area contributed by atoms with Crippen LogP contribution in [0.25, 0.3) is 0 Å². The fraction of sp³-hybridized carbons (Fsp3) is 0.294. The van der Waals surface area contributed by atoms with Crippen molar-refractivity contribution in [2.45, 2.75) is 32.8 Å². The number of benzene rings is 2. The van der Waals surface area contributed by atoms with E-state index in [2.05, 4.69) is 18.2 Å². The van der Waals surface area contributed by atoms with Gasteiger partial charge in [-0.15, -0.1) is 0 Å². The van der Waals surface area contributed by atoms with Crippen molar-refractivity contribution in [1.29, 1.82) is 0 Å². The van der Waals surface area contributed by atoms with Crippen LogP contribution < -0.4 is 10.5 Å². The largest absolute Gasteiger partial charge is 0.489 e. The molecule has 0 aromatic heterocycles. The van der Waals surface area contributed by atoms with E-state index in [-0.39, 0.29) is 0 Å². The second-order valence-electron chi connectivity index (χ2n) is 5.27. The molecule has 0 unspecified atom stereocenters. The number of nitrogens with two attached hydrogens (primary N) is 1. The first-order chi connectivity index (χ1) is 9.22. The Balaban J connectivity index is 1.74. The van der Waals surface area contributed by atoms with Gasteiger partial charge in [0.15, 0.2) is 0 Å². The molecule has 2 nitrogen and oxygen atoms in total. The molecule has 0 atom stereocenters. The summed E-state index contributed by atoms with van der Waals surface area (Å²) in [7, 11) is 0. The number of anilines is 1. The topological polar surface area (TPSA) is 35.2 Å². The van der Waals surface area contributed by atoms with Gasteiger partial charge in [-0.2, -0.15) is 0 Å². The molecule has 2 aromatic carbocycles. The minimum atomic E-state index is 0.609. The Morgan fingerprint density at radius 3 is 2.79 bits per heavy atom. The summed E-state index contributed by atoms with van der Waals surface area (Å²) in [4.78, 5) is 0. The lowest BCUT2D eigenvalue weighted by Crippen LogP contribution is -1.99. The third kappa shape index (κ3) is 2.58. The molecule has 0 amide bonds. The first kappa shape index (κ1) is 12.1. The zero-order valence-corrected chi connectivity index (χ0v) is 11.3. The summed E-state index contributed by atoms with van der Waals surface area (Å²) in [5, 5.41) is 0. The summed E-state index contributed by atoms with van der Waals surface area (Å²) >= 11 is 0. The van der Waals surface area contributed by atoms with Gasteiger partial charge < -0.3 is 10.5 Å². The Morgan fingerprint density at radius 2 is 1.89 bits per heavy atom. The zero-order chi connectivity index (χ0) is 13.2. The predicted molar refractivity (Wildman–Crippen MR) is 78.4 cm³/mol. The molecular weight excluding hydrogens is 234 g/mol. The van der Waals surface area contributed by atoms with E-state index < -0.39 is 0 Å². The van der Waals surface area contributed by atoms with Crippen molar-refractivity contribution in [2.75, 3.05) is 5.73 Å². The minimum absolute atomic E-state index is 0.609. The lowest BCUT2D eigenvalue weighted by Gasteiger charge is -2.11. The SMILES string of the molecule is Cc1ccc(N)cc1OCc1ccc2c(c1)CCC2. The Hall–Kier alpha value is -1.96. The second kappa shape index (κ2) is 4.96. The Morgan fingerprint density at radius 1 is 1.05 bits per heavy atom. The predicted octanol–water partition coefficient (Wildman–Crippen LogP) is 3.64. The number of hydrogen-bond acceptors (Lipinski definition) is 2. The van der Waals surface area contributed by atoms with Gasteiger partial charge in [-0.25, -0.2) is 0 Å². The molecule has 2 heteroatoms. The van der Waals surface area contributed by atoms with E-state index in [9.17, 15) is 0 Å². The smallest absolute Gasteiger partial charge is 0.124 e. The quantitative estimate of drug-likeness (QED) is 0.847. The number of fused-ring (bicyclic) bond motifs is 1. The molecule has 0 aliphatic heterocycles. The molecular formula is C17H19NO. The van der Waals surface area contributed by atoms with Gasteiger partial charge in [0.1, 0.15) is 12.4 Å². The summed E-state index contributed by atoms with van der Waals surface area (Å²) in [6.45, 7) is 2.65. The molecule has 1 aliphatic rings. The monoisotopic (exact) mass is 253 g/mol. The van der Waals surface area contributed by atoms with Crippen molar-refractivity contribution in [3.63, 3.8) is 0 Å². The third-order valence-electron chi connectivity index (χ3n) is 3.77. The average Bonchev–Trinajstić information content (AvgIpc) is 2.87. The summed E-state index contributed by atoms with van der Waals surface area (Å²) in [6, 6.07) is 12.5. The van der Waals surface area contributed by atoms with E-state index in [0.717, 1.165) is 17.0 Å². The molecule has 0 fully saturated rings. The Kier molecular flexibility index (Phi) is 3.16. The van der Waals surface area contributed by atoms with Crippen LogP contribution in [0.5, 0.6) is 5.75 Å². The highest BCUT2D eigenvalue weighted by atomic mass is 16.5. The van der Waals surface area contributed by atoms with Crippen LogP contribution in [0.3, 0.4) is 0 Å². The van der Waals surface area contributed by atoms with Crippen molar-refractivity contribution in [1.82, 2.24) is 0 Å². The van der Waals surface area contributed by atoms with Crippen LogP contribution in [-0.4, -0.2) is 0 Å². The number of ether oxygens (including phenoxy) is 1. The van der Waals surface area contributed by atoms with Gasteiger partial charge >= 0.3 is 0 Å². The van der Waals surface area contributed by atoms with Crippen molar-refractivity contribution in [3.05, 3.63) is 58.7 Å². The van der Waals surface area contributed by atoms with Gasteiger partial charge in [0.2, 0.25) is 0 Å². The maximum atomic E-state index is 5.88. The molecule has 1 aliphatic carbocycles. The van der Waals surface area contributed by atoms with E-state index >= 15 is 0 Å². The molecule has 0 saturated carbocycles. The molecule has 2 N–H and O–H groups in total. The van der Waals surface area contributed by atoms with E-state index in [1.54, 1.807) is 0 Å². The molecule has 0 heterocycles. The molecule has 0 spiro atoms. The maximum absolute atomic E-state index is 5.88. The van der Waals surface area contributed by atoms with Crippen LogP contribution >= 0.6 is 0 Å². The Bertz CT molecular complexity index is 604. The molecule has 0 saturated heterocycles. The van der Waals surface area contributed by atoms with E-state index in [0.29, 0.717) is 6.61 Å². The summed E-state index contributed by atoms with van der Waals surface area (Å²) in [5.41, 5.74) is 11.9. The lowest BCUT2D eigenvalue weighted by atomic mass is 10.1. The summed E-state index contributed by atoms with van der Waals surface area (Å²) < 4.78 is 5.88. The van der Waals surface area contributed by atoms with Crippen molar-refractivity contribution < 1.29 is 4.74 Å². The first-order valence-electron chi connectivity index (χ1n) is 6.82. The van der Waals surface area contributed by atoms with E-state index in [1.807, 2.05) is 25.1 Å². The zero-order valence-electron chi connectivity index (χ0n) is 11.3. The number of hydrogen-bond donors (Lipinski definition) is 1. The summed E-state index contributed by atoms with van der Waals surface area (Å²) in [5.74, 6) is 0.875. The molecule has 98 valence electrons. The number of rotatable bonds is 3. The van der Waals surface area contributed by atoms with Crippen molar-refractivity contribution in [3.8, 4) is 5.75 Å². The van der Waals surface area contributed by atoms with Gasteiger partial charge in [-0.05, 0) is 54.5 Å². The van der Waals surface area contributed by atoms with Crippen LogP contribution in [0.4, 0.5) is 5.69 Å². The van der Waals surface area contributed by atoms with Crippen LogP contribution in [0, 0.1) is 6.92 Å². The van der Waals surface area contributed by atoms with Gasteiger partial charge in [-0.1, -0.05) is 24.3 Å². The minimum Gasteiger partial charge on any atom is -0.489 e. The van der Waals surface area contributed by atoms with Crippen molar-refractivity contribution >= 4 is 5.69 Å². The highest BCUT2D eigenvalue weighted by molar-refractivity contribution is 5.48. The van der Waals surface area contributed by atoms with Crippen LogP contribution in [0.1, 0.15) is 28.7 Å². The fourth-order valence-electron chi connectivity index (χ4n) is 2.65. The molecule has 3 rings (SSSR count). The Labute approximate surface area is 114 Å². The highest BCUT2D eigenvalue weighted by Crippen LogP contribution is 2.25. The maximum Gasteiger partial charge on any atom is 0.124 e. The van der Waals surface area contributed by atoms with Gasteiger partial charge in [0.05, 0.1) is 0 Å². The summed E-state index contributed by atoms with van der Waals surface area (Å²) in [6.07, 6.45) is 3.72. The van der Waals surface area contributed by atoms with Gasteiger partial charge in [-0.3, -0.25) is 0 Å².